The molecule has 33 heavy (non-hydrogen) atoms. The van der Waals surface area contributed by atoms with Crippen LogP contribution in [0.15, 0.2) is 24.4 Å². The van der Waals surface area contributed by atoms with E-state index in [2.05, 4.69) is 62.8 Å². The molecule has 3 saturated heterocycles. The maximum atomic E-state index is 4.69. The van der Waals surface area contributed by atoms with Crippen LogP contribution in [0.3, 0.4) is 0 Å². The Labute approximate surface area is 199 Å². The molecule has 0 amide bonds. The lowest BCUT2D eigenvalue weighted by atomic mass is 9.95. The molecule has 4 fully saturated rings. The lowest BCUT2D eigenvalue weighted by Crippen LogP contribution is -2.55. The van der Waals surface area contributed by atoms with Gasteiger partial charge in [-0.1, -0.05) is 11.6 Å². The van der Waals surface area contributed by atoms with Crippen LogP contribution >= 0.6 is 0 Å². The van der Waals surface area contributed by atoms with Gasteiger partial charge in [-0.3, -0.25) is 14.8 Å². The van der Waals surface area contributed by atoms with Gasteiger partial charge in [-0.15, -0.1) is 0 Å². The topological polar surface area (TPSA) is 25.9 Å². The van der Waals surface area contributed by atoms with Crippen molar-refractivity contribution in [2.75, 3.05) is 57.3 Å². The van der Waals surface area contributed by atoms with E-state index >= 15 is 0 Å². The maximum Gasteiger partial charge on any atom is 0.0723 e. The minimum Gasteiger partial charge on any atom is -0.371 e. The van der Waals surface area contributed by atoms with Gasteiger partial charge in [0.1, 0.15) is 0 Å². The summed E-state index contributed by atoms with van der Waals surface area (Å²) < 4.78 is 0. The number of rotatable bonds is 4. The Kier molecular flexibility index (Phi) is 6.06. The summed E-state index contributed by atoms with van der Waals surface area (Å²) >= 11 is 0. The minimum absolute atomic E-state index is 0.768. The molecule has 5 heteroatoms. The van der Waals surface area contributed by atoms with E-state index in [-0.39, 0.29) is 0 Å². The second-order valence-electron chi connectivity index (χ2n) is 11.1. The van der Waals surface area contributed by atoms with E-state index < -0.39 is 0 Å². The molecule has 4 heterocycles. The molecule has 0 atom stereocenters. The summed E-state index contributed by atoms with van der Waals surface area (Å²) in [5.41, 5.74) is 5.19. The van der Waals surface area contributed by atoms with Crippen molar-refractivity contribution in [3.63, 3.8) is 0 Å². The SMILES string of the molecule is Cc1ccc2ncc(C)c(N3CCC(N4CCC(N5CCN(C6CC6)CC5)CC4)CC3)c2c1. The number of fused-ring (bicyclic) bond motifs is 1. The lowest BCUT2D eigenvalue weighted by Gasteiger charge is -2.46. The molecule has 6 rings (SSSR count). The molecule has 5 nitrogen and oxygen atoms in total. The summed E-state index contributed by atoms with van der Waals surface area (Å²) in [6.45, 7) is 14.6. The minimum atomic E-state index is 0.768. The van der Waals surface area contributed by atoms with Crippen molar-refractivity contribution in [2.24, 2.45) is 0 Å². The zero-order chi connectivity index (χ0) is 22.4. The molecule has 0 unspecified atom stereocenters. The third-order valence-electron chi connectivity index (χ3n) is 8.90. The van der Waals surface area contributed by atoms with Crippen LogP contribution in [0.1, 0.15) is 49.7 Å². The molecule has 2 aromatic rings. The van der Waals surface area contributed by atoms with Crippen molar-refractivity contribution >= 4 is 16.6 Å². The largest absolute Gasteiger partial charge is 0.371 e. The van der Waals surface area contributed by atoms with Gasteiger partial charge in [0, 0.05) is 69.0 Å². The summed E-state index contributed by atoms with van der Waals surface area (Å²) in [4.78, 5) is 15.7. The van der Waals surface area contributed by atoms with E-state index in [4.69, 9.17) is 0 Å². The Morgan fingerprint density at radius 1 is 0.667 bits per heavy atom. The van der Waals surface area contributed by atoms with Crippen LogP contribution in [0.25, 0.3) is 10.9 Å². The number of piperazine rings is 1. The summed E-state index contributed by atoms with van der Waals surface area (Å²) in [6.07, 6.45) is 10.3. The number of piperidine rings is 2. The van der Waals surface area contributed by atoms with Gasteiger partial charge in [0.2, 0.25) is 0 Å². The fourth-order valence-corrected chi connectivity index (χ4v) is 6.79. The molecule has 0 spiro atoms. The number of likely N-dealkylation sites (tertiary alicyclic amines) is 1. The average molecular weight is 448 g/mol. The summed E-state index contributed by atoms with van der Waals surface area (Å²) in [6, 6.07) is 9.22. The summed E-state index contributed by atoms with van der Waals surface area (Å²) in [5.74, 6) is 0. The van der Waals surface area contributed by atoms with Crippen molar-refractivity contribution in [2.45, 2.75) is 70.5 Å². The molecule has 178 valence electrons. The van der Waals surface area contributed by atoms with Gasteiger partial charge in [0.15, 0.2) is 0 Å². The number of benzene rings is 1. The Morgan fingerprint density at radius 3 is 1.82 bits per heavy atom. The molecular formula is C28H41N5. The third-order valence-corrected chi connectivity index (χ3v) is 8.90. The summed E-state index contributed by atoms with van der Waals surface area (Å²) in [7, 11) is 0. The highest BCUT2D eigenvalue weighted by atomic mass is 15.3. The molecule has 0 radical (unpaired) electrons. The molecule has 1 saturated carbocycles. The van der Waals surface area contributed by atoms with E-state index in [1.54, 1.807) is 0 Å². The van der Waals surface area contributed by atoms with Crippen molar-refractivity contribution in [3.05, 3.63) is 35.5 Å². The summed E-state index contributed by atoms with van der Waals surface area (Å²) in [5, 5.41) is 1.33. The predicted octanol–water partition coefficient (Wildman–Crippen LogP) is 4.06. The Hall–Kier alpha value is -1.69. The van der Waals surface area contributed by atoms with Gasteiger partial charge in [-0.25, -0.2) is 0 Å². The van der Waals surface area contributed by atoms with E-state index in [1.165, 1.54) is 113 Å². The van der Waals surface area contributed by atoms with Crippen LogP contribution in [-0.2, 0) is 0 Å². The van der Waals surface area contributed by atoms with Gasteiger partial charge in [-0.2, -0.15) is 0 Å². The molecule has 1 aromatic carbocycles. The molecule has 0 bridgehead atoms. The zero-order valence-corrected chi connectivity index (χ0v) is 20.7. The van der Waals surface area contributed by atoms with Crippen LogP contribution in [0.4, 0.5) is 5.69 Å². The average Bonchev–Trinajstić information content (AvgIpc) is 3.70. The van der Waals surface area contributed by atoms with Gasteiger partial charge in [0.25, 0.3) is 0 Å². The normalized spacial score (nSPS) is 25.2. The van der Waals surface area contributed by atoms with E-state index in [0.717, 1.165) is 23.6 Å². The van der Waals surface area contributed by atoms with Crippen molar-refractivity contribution in [3.8, 4) is 0 Å². The second kappa shape index (κ2) is 9.16. The number of aryl methyl sites for hydroxylation is 2. The molecule has 4 aliphatic rings. The monoisotopic (exact) mass is 447 g/mol. The number of hydrogen-bond donors (Lipinski definition) is 0. The lowest BCUT2D eigenvalue weighted by molar-refractivity contribution is 0.0416. The number of pyridine rings is 1. The standard InChI is InChI=1S/C28H41N5/c1-21-3-6-27-26(19-21)28(22(2)20-29-27)33-13-9-24(10-14-33)30-11-7-25(8-12-30)32-17-15-31(16-18-32)23-4-5-23/h3,6,19-20,23-25H,4-5,7-18H2,1-2H3. The highest BCUT2D eigenvalue weighted by Gasteiger charge is 2.35. The van der Waals surface area contributed by atoms with Gasteiger partial charge in [0.05, 0.1) is 11.2 Å². The smallest absolute Gasteiger partial charge is 0.0723 e. The first-order chi connectivity index (χ1) is 16.2. The molecule has 1 aromatic heterocycles. The fourth-order valence-electron chi connectivity index (χ4n) is 6.79. The van der Waals surface area contributed by atoms with Crippen LogP contribution in [0.2, 0.25) is 0 Å². The Bertz CT molecular complexity index is 956. The van der Waals surface area contributed by atoms with E-state index in [9.17, 15) is 0 Å². The first-order valence-electron chi connectivity index (χ1n) is 13.5. The number of anilines is 1. The third kappa shape index (κ3) is 4.52. The first-order valence-corrected chi connectivity index (χ1v) is 13.5. The predicted molar refractivity (Wildman–Crippen MR) is 137 cm³/mol. The first kappa shape index (κ1) is 21.8. The van der Waals surface area contributed by atoms with Crippen molar-refractivity contribution in [1.29, 1.82) is 0 Å². The van der Waals surface area contributed by atoms with Crippen LogP contribution in [0, 0.1) is 13.8 Å². The number of nitrogens with zero attached hydrogens (tertiary/aromatic N) is 5. The van der Waals surface area contributed by atoms with E-state index in [0.29, 0.717) is 0 Å². The quantitative estimate of drug-likeness (QED) is 0.704. The van der Waals surface area contributed by atoms with Crippen LogP contribution in [0.5, 0.6) is 0 Å². The maximum absolute atomic E-state index is 4.69. The van der Waals surface area contributed by atoms with E-state index in [1.807, 2.05) is 0 Å². The number of hydrogen-bond acceptors (Lipinski definition) is 5. The van der Waals surface area contributed by atoms with Crippen LogP contribution < -0.4 is 4.90 Å². The molecule has 3 aliphatic heterocycles. The Morgan fingerprint density at radius 2 is 1.21 bits per heavy atom. The highest BCUT2D eigenvalue weighted by molar-refractivity contribution is 5.93. The number of aromatic nitrogens is 1. The Balaban J connectivity index is 1.03. The van der Waals surface area contributed by atoms with Crippen molar-refractivity contribution in [1.82, 2.24) is 19.7 Å². The van der Waals surface area contributed by atoms with Crippen LogP contribution in [-0.4, -0.2) is 90.2 Å². The molecular weight excluding hydrogens is 406 g/mol. The van der Waals surface area contributed by atoms with Crippen molar-refractivity contribution < 1.29 is 0 Å². The molecule has 0 N–H and O–H groups in total. The second-order valence-corrected chi connectivity index (χ2v) is 11.1. The van der Waals surface area contributed by atoms with Gasteiger partial charge >= 0.3 is 0 Å². The highest BCUT2D eigenvalue weighted by Crippen LogP contribution is 2.33. The zero-order valence-electron chi connectivity index (χ0n) is 20.7. The fraction of sp³-hybridized carbons (Fsp3) is 0.679. The van der Waals surface area contributed by atoms with Gasteiger partial charge < -0.3 is 9.80 Å². The molecule has 1 aliphatic carbocycles. The van der Waals surface area contributed by atoms with Gasteiger partial charge in [-0.05, 0) is 83.2 Å².